The minimum atomic E-state index is -1.34. The van der Waals surface area contributed by atoms with E-state index >= 15 is 0 Å². The third-order valence-corrected chi connectivity index (χ3v) is 2.65. The molecule has 0 bridgehead atoms. The number of nitrogens with zero attached hydrogens (tertiary/aromatic N) is 1. The average molecular weight is 304 g/mol. The summed E-state index contributed by atoms with van der Waals surface area (Å²) in [5, 5.41) is 19.7. The van der Waals surface area contributed by atoms with Crippen LogP contribution < -0.4 is 5.32 Å². The molecule has 3 N–H and O–H groups in total. The highest BCUT2D eigenvalue weighted by molar-refractivity contribution is 5.85. The molecule has 0 saturated heterocycles. The van der Waals surface area contributed by atoms with Gasteiger partial charge in [-0.05, 0) is 20.3 Å². The Labute approximate surface area is 121 Å². The van der Waals surface area contributed by atoms with Crippen LogP contribution in [0.2, 0.25) is 0 Å². The quantitative estimate of drug-likeness (QED) is 0.533. The van der Waals surface area contributed by atoms with Gasteiger partial charge >= 0.3 is 23.9 Å². The van der Waals surface area contributed by atoms with Crippen LogP contribution in [0.15, 0.2) is 0 Å². The topological polar surface area (TPSA) is 133 Å². The molecule has 0 radical (unpaired) electrons. The van der Waals surface area contributed by atoms with E-state index in [1.165, 1.54) is 7.11 Å². The van der Waals surface area contributed by atoms with Crippen molar-refractivity contribution in [3.8, 4) is 0 Å². The second-order valence-electron chi connectivity index (χ2n) is 4.57. The van der Waals surface area contributed by atoms with Crippen molar-refractivity contribution in [3.63, 3.8) is 0 Å². The Morgan fingerprint density at radius 3 is 2.14 bits per heavy atom. The largest absolute Gasteiger partial charge is 0.481 e. The number of carbonyl (C=O) groups excluding carboxylic acids is 2. The zero-order valence-electron chi connectivity index (χ0n) is 12.2. The summed E-state index contributed by atoms with van der Waals surface area (Å²) >= 11 is 0. The van der Waals surface area contributed by atoms with Gasteiger partial charge in [-0.15, -0.1) is 0 Å². The van der Waals surface area contributed by atoms with Crippen LogP contribution in [0.3, 0.4) is 0 Å². The number of aliphatic carboxylic acids is 2. The highest BCUT2D eigenvalue weighted by atomic mass is 16.5. The van der Waals surface area contributed by atoms with E-state index in [1.807, 2.05) is 0 Å². The van der Waals surface area contributed by atoms with E-state index in [4.69, 9.17) is 10.2 Å². The molecule has 0 aromatic rings. The van der Waals surface area contributed by atoms with Gasteiger partial charge in [-0.2, -0.15) is 0 Å². The molecule has 0 aromatic heterocycles. The molecule has 0 aliphatic rings. The Morgan fingerprint density at radius 1 is 1.19 bits per heavy atom. The van der Waals surface area contributed by atoms with Crippen molar-refractivity contribution in [2.75, 3.05) is 13.7 Å². The monoisotopic (exact) mass is 304 g/mol. The van der Waals surface area contributed by atoms with Gasteiger partial charge in [-0.3, -0.25) is 9.59 Å². The molecule has 120 valence electrons. The summed E-state index contributed by atoms with van der Waals surface area (Å²) in [7, 11) is 1.17. The van der Waals surface area contributed by atoms with E-state index in [-0.39, 0.29) is 19.0 Å². The van der Waals surface area contributed by atoms with Gasteiger partial charge in [-0.1, -0.05) is 0 Å². The highest BCUT2D eigenvalue weighted by Gasteiger charge is 2.26. The van der Waals surface area contributed by atoms with Crippen LogP contribution >= 0.6 is 0 Å². The number of amides is 2. The van der Waals surface area contributed by atoms with Crippen LogP contribution in [-0.4, -0.2) is 64.8 Å². The van der Waals surface area contributed by atoms with E-state index in [9.17, 15) is 19.2 Å². The van der Waals surface area contributed by atoms with Gasteiger partial charge in [0.2, 0.25) is 0 Å². The lowest BCUT2D eigenvalue weighted by atomic mass is 10.1. The number of hydrogen-bond acceptors (Lipinski definition) is 5. The molecule has 9 nitrogen and oxygen atoms in total. The van der Waals surface area contributed by atoms with Crippen molar-refractivity contribution < 1.29 is 34.1 Å². The molecule has 21 heavy (non-hydrogen) atoms. The first-order chi connectivity index (χ1) is 9.68. The summed E-state index contributed by atoms with van der Waals surface area (Å²) in [6.07, 6.45) is -0.642. The molecule has 0 aromatic carbocycles. The number of carboxylic acids is 2. The number of urea groups is 1. The molecular formula is C12H20N2O7. The number of methoxy groups -OCH3 is 1. The summed E-state index contributed by atoms with van der Waals surface area (Å²) < 4.78 is 4.46. The fourth-order valence-electron chi connectivity index (χ4n) is 1.45. The van der Waals surface area contributed by atoms with E-state index in [0.717, 1.165) is 4.90 Å². The number of carboxylic acid groups (broad SMARTS) is 2. The molecular weight excluding hydrogens is 284 g/mol. The molecule has 0 heterocycles. The molecule has 0 aliphatic carbocycles. The lowest BCUT2D eigenvalue weighted by Crippen LogP contribution is -2.51. The van der Waals surface area contributed by atoms with Gasteiger partial charge < -0.3 is 25.2 Å². The molecule has 0 unspecified atom stereocenters. The maximum Gasteiger partial charge on any atom is 0.326 e. The van der Waals surface area contributed by atoms with Crippen LogP contribution in [0.25, 0.3) is 0 Å². The molecule has 0 rings (SSSR count). The number of rotatable bonds is 8. The summed E-state index contributed by atoms with van der Waals surface area (Å²) in [5.74, 6) is -3.14. The van der Waals surface area contributed by atoms with Crippen LogP contribution in [-0.2, 0) is 19.1 Å². The predicted molar refractivity (Wildman–Crippen MR) is 70.7 cm³/mol. The molecule has 9 heteroatoms. The van der Waals surface area contributed by atoms with Crippen molar-refractivity contribution in [3.05, 3.63) is 0 Å². The first kappa shape index (κ1) is 18.7. The van der Waals surface area contributed by atoms with Crippen molar-refractivity contribution >= 4 is 23.9 Å². The number of esters is 1. The van der Waals surface area contributed by atoms with E-state index in [1.54, 1.807) is 13.8 Å². The minimum Gasteiger partial charge on any atom is -0.481 e. The second-order valence-corrected chi connectivity index (χ2v) is 4.57. The first-order valence-corrected chi connectivity index (χ1v) is 6.27. The van der Waals surface area contributed by atoms with Crippen molar-refractivity contribution in [2.24, 2.45) is 0 Å². The number of ether oxygens (including phenoxy) is 1. The Bertz CT molecular complexity index is 408. The van der Waals surface area contributed by atoms with Crippen LogP contribution in [0.5, 0.6) is 0 Å². The van der Waals surface area contributed by atoms with Gasteiger partial charge in [0, 0.05) is 12.5 Å². The first-order valence-electron chi connectivity index (χ1n) is 6.27. The zero-order valence-corrected chi connectivity index (χ0v) is 12.2. The number of carbonyl (C=O) groups is 4. The van der Waals surface area contributed by atoms with Crippen molar-refractivity contribution in [1.29, 1.82) is 0 Å². The minimum absolute atomic E-state index is 0.249. The summed E-state index contributed by atoms with van der Waals surface area (Å²) in [6.45, 7) is 2.97. The summed E-state index contributed by atoms with van der Waals surface area (Å²) in [4.78, 5) is 45.8. The number of nitrogens with one attached hydrogen (secondary N) is 1. The maximum absolute atomic E-state index is 12.0. The van der Waals surface area contributed by atoms with E-state index in [0.29, 0.717) is 0 Å². The molecule has 2 amide bonds. The van der Waals surface area contributed by atoms with Crippen LogP contribution in [0, 0.1) is 0 Å². The van der Waals surface area contributed by atoms with Crippen LogP contribution in [0.4, 0.5) is 4.79 Å². The lowest BCUT2D eigenvalue weighted by molar-refractivity contribution is -0.141. The third kappa shape index (κ3) is 7.14. The van der Waals surface area contributed by atoms with Gasteiger partial charge in [-0.25, -0.2) is 9.59 Å². The standard InChI is InChI=1S/C12H20N2O7/c1-7(2)14(6-10(17)21-3)12(20)13-8(11(18)19)4-5-9(15)16/h7-8H,4-6H2,1-3H3,(H,13,20)(H,15,16)(H,18,19)/t8-/m0/s1. The Balaban J connectivity index is 4.79. The molecule has 0 saturated carbocycles. The maximum atomic E-state index is 12.0. The lowest BCUT2D eigenvalue weighted by Gasteiger charge is -2.27. The van der Waals surface area contributed by atoms with E-state index in [2.05, 4.69) is 10.1 Å². The van der Waals surface area contributed by atoms with Crippen molar-refractivity contribution in [2.45, 2.75) is 38.8 Å². The molecule has 0 fully saturated rings. The molecule has 0 spiro atoms. The van der Waals surface area contributed by atoms with Gasteiger partial charge in [0.15, 0.2) is 0 Å². The van der Waals surface area contributed by atoms with Gasteiger partial charge in [0.1, 0.15) is 12.6 Å². The SMILES string of the molecule is COC(=O)CN(C(=O)N[C@@H](CCC(=O)O)C(=O)O)C(C)C. The van der Waals surface area contributed by atoms with Crippen molar-refractivity contribution in [1.82, 2.24) is 10.2 Å². The average Bonchev–Trinajstić information content (AvgIpc) is 2.38. The van der Waals surface area contributed by atoms with E-state index < -0.39 is 36.4 Å². The van der Waals surface area contributed by atoms with Crippen LogP contribution in [0.1, 0.15) is 26.7 Å². The third-order valence-electron chi connectivity index (χ3n) is 2.65. The Kier molecular flexibility index (Phi) is 7.80. The smallest absolute Gasteiger partial charge is 0.326 e. The summed E-state index contributed by atoms with van der Waals surface area (Å²) in [6, 6.07) is -2.47. The fourth-order valence-corrected chi connectivity index (χ4v) is 1.45. The highest BCUT2D eigenvalue weighted by Crippen LogP contribution is 2.03. The molecule has 0 aliphatic heterocycles. The van der Waals surface area contributed by atoms with Gasteiger partial charge in [0.25, 0.3) is 0 Å². The Morgan fingerprint density at radius 2 is 1.76 bits per heavy atom. The summed E-state index contributed by atoms with van der Waals surface area (Å²) in [5.41, 5.74) is 0. The normalized spacial score (nSPS) is 11.6. The Hall–Kier alpha value is -2.32. The molecule has 1 atom stereocenters. The number of hydrogen-bond donors (Lipinski definition) is 3. The fraction of sp³-hybridized carbons (Fsp3) is 0.667. The second kappa shape index (κ2) is 8.77. The van der Waals surface area contributed by atoms with Gasteiger partial charge in [0.05, 0.1) is 7.11 Å². The zero-order chi connectivity index (χ0) is 16.6. The predicted octanol–water partition coefficient (Wildman–Crippen LogP) is -0.103.